The number of aryl methyl sites for hydroxylation is 1. The fourth-order valence-corrected chi connectivity index (χ4v) is 1.59. The summed E-state index contributed by atoms with van der Waals surface area (Å²) in [5.74, 6) is -0.546. The van der Waals surface area contributed by atoms with Crippen molar-refractivity contribution in [3.8, 4) is 0 Å². The van der Waals surface area contributed by atoms with E-state index in [1.807, 2.05) is 23.7 Å². The topological polar surface area (TPSA) is 67.5 Å². The lowest BCUT2D eigenvalue weighted by atomic mass is 10.0. The number of aromatic nitrogens is 3. The van der Waals surface area contributed by atoms with Gasteiger partial charge in [-0.3, -0.25) is 9.20 Å². The van der Waals surface area contributed by atoms with Gasteiger partial charge in [-0.25, -0.2) is 9.97 Å². The van der Waals surface area contributed by atoms with Gasteiger partial charge in [-0.2, -0.15) is 0 Å². The normalized spacial score (nSPS) is 12.9. The minimum Gasteiger partial charge on any atom is -0.481 e. The summed E-state index contributed by atoms with van der Waals surface area (Å²) in [5, 5.41) is 8.82. The van der Waals surface area contributed by atoms with Gasteiger partial charge in [-0.15, -0.1) is 0 Å². The number of fused-ring (bicyclic) bond motifs is 1. The van der Waals surface area contributed by atoms with E-state index >= 15 is 0 Å². The minimum absolute atomic E-state index is 0.399. The predicted molar refractivity (Wildman–Crippen MR) is 58.2 cm³/mol. The van der Waals surface area contributed by atoms with Crippen LogP contribution in [0.2, 0.25) is 0 Å². The summed E-state index contributed by atoms with van der Waals surface area (Å²) in [6.45, 7) is 3.58. The Morgan fingerprint density at radius 2 is 2.31 bits per heavy atom. The molecule has 2 heterocycles. The molecule has 1 atom stereocenters. The van der Waals surface area contributed by atoms with Crippen molar-refractivity contribution >= 4 is 11.7 Å². The van der Waals surface area contributed by atoms with Crippen LogP contribution in [-0.2, 0) is 11.2 Å². The van der Waals surface area contributed by atoms with E-state index in [1.54, 1.807) is 13.1 Å². The lowest BCUT2D eigenvalue weighted by molar-refractivity contribution is -0.141. The number of carboxylic acids is 1. The summed E-state index contributed by atoms with van der Waals surface area (Å²) >= 11 is 0. The Bertz CT molecular complexity index is 533. The monoisotopic (exact) mass is 219 g/mol. The molecule has 0 radical (unpaired) electrons. The second kappa shape index (κ2) is 3.92. The Balaban J connectivity index is 2.28. The zero-order valence-electron chi connectivity index (χ0n) is 9.21. The molecule has 2 aromatic rings. The van der Waals surface area contributed by atoms with Gasteiger partial charge in [0.25, 0.3) is 0 Å². The number of aliphatic carboxylic acids is 1. The van der Waals surface area contributed by atoms with E-state index in [0.717, 1.165) is 11.3 Å². The highest BCUT2D eigenvalue weighted by Crippen LogP contribution is 2.09. The van der Waals surface area contributed by atoms with Crippen molar-refractivity contribution in [2.24, 2.45) is 5.92 Å². The third kappa shape index (κ3) is 2.03. The third-order valence-electron chi connectivity index (χ3n) is 2.45. The molecule has 0 aliphatic heterocycles. The van der Waals surface area contributed by atoms with Crippen LogP contribution >= 0.6 is 0 Å². The molecule has 0 saturated heterocycles. The molecule has 0 bridgehead atoms. The molecule has 1 unspecified atom stereocenters. The molecule has 1 N–H and O–H groups in total. The highest BCUT2D eigenvalue weighted by atomic mass is 16.4. The first-order valence-electron chi connectivity index (χ1n) is 5.09. The first-order valence-corrected chi connectivity index (χ1v) is 5.09. The Labute approximate surface area is 92.8 Å². The lowest BCUT2D eigenvalue weighted by Crippen LogP contribution is -2.12. The van der Waals surface area contributed by atoms with Crippen molar-refractivity contribution in [3.05, 3.63) is 29.8 Å². The van der Waals surface area contributed by atoms with Crippen LogP contribution in [-0.4, -0.2) is 25.4 Å². The van der Waals surface area contributed by atoms with Gasteiger partial charge in [0.1, 0.15) is 0 Å². The van der Waals surface area contributed by atoms with E-state index in [0.29, 0.717) is 12.2 Å². The van der Waals surface area contributed by atoms with Crippen molar-refractivity contribution in [2.75, 3.05) is 0 Å². The molecule has 5 heteroatoms. The second-order valence-corrected chi connectivity index (χ2v) is 4.00. The minimum atomic E-state index is -0.790. The molecule has 0 saturated carbocycles. The maximum atomic E-state index is 10.7. The number of nitrogens with zero attached hydrogens (tertiary/aromatic N) is 3. The van der Waals surface area contributed by atoms with Crippen LogP contribution in [0, 0.1) is 12.8 Å². The van der Waals surface area contributed by atoms with Crippen LogP contribution in [0.1, 0.15) is 18.2 Å². The molecule has 0 amide bonds. The van der Waals surface area contributed by atoms with Crippen LogP contribution in [0.3, 0.4) is 0 Å². The van der Waals surface area contributed by atoms with E-state index in [9.17, 15) is 4.79 Å². The molecule has 5 nitrogen and oxygen atoms in total. The van der Waals surface area contributed by atoms with Gasteiger partial charge in [-0.05, 0) is 18.9 Å². The lowest BCUT2D eigenvalue weighted by Gasteiger charge is -2.05. The molecular formula is C11H13N3O2. The molecule has 0 aliphatic carbocycles. The molecule has 0 spiro atoms. The van der Waals surface area contributed by atoms with Crippen molar-refractivity contribution in [1.29, 1.82) is 0 Å². The Morgan fingerprint density at radius 1 is 1.56 bits per heavy atom. The standard InChI is InChI=1S/C11H13N3O2/c1-7(10(15)16)3-9-4-12-11-13-8(2)5-14(11)6-9/h4-7H,3H2,1-2H3,(H,15,16). The van der Waals surface area contributed by atoms with Gasteiger partial charge >= 0.3 is 5.97 Å². The van der Waals surface area contributed by atoms with E-state index in [4.69, 9.17) is 5.11 Å². The fourth-order valence-electron chi connectivity index (χ4n) is 1.59. The van der Waals surface area contributed by atoms with E-state index in [1.165, 1.54) is 0 Å². The van der Waals surface area contributed by atoms with Gasteiger partial charge in [-0.1, -0.05) is 6.92 Å². The van der Waals surface area contributed by atoms with Crippen LogP contribution in [0.25, 0.3) is 5.78 Å². The average molecular weight is 219 g/mol. The summed E-state index contributed by atoms with van der Waals surface area (Å²) in [4.78, 5) is 19.1. The van der Waals surface area contributed by atoms with Crippen molar-refractivity contribution in [1.82, 2.24) is 14.4 Å². The first-order chi connectivity index (χ1) is 7.56. The van der Waals surface area contributed by atoms with Gasteiger partial charge < -0.3 is 5.11 Å². The van der Waals surface area contributed by atoms with Gasteiger partial charge in [0, 0.05) is 18.6 Å². The molecule has 0 fully saturated rings. The Morgan fingerprint density at radius 3 is 3.00 bits per heavy atom. The summed E-state index contributed by atoms with van der Waals surface area (Å²) < 4.78 is 1.82. The summed E-state index contributed by atoms with van der Waals surface area (Å²) in [6, 6.07) is 0. The molecule has 0 aliphatic rings. The third-order valence-corrected chi connectivity index (χ3v) is 2.45. The molecule has 2 rings (SSSR count). The molecular weight excluding hydrogens is 206 g/mol. The smallest absolute Gasteiger partial charge is 0.306 e. The van der Waals surface area contributed by atoms with Gasteiger partial charge in [0.2, 0.25) is 5.78 Å². The fraction of sp³-hybridized carbons (Fsp3) is 0.364. The largest absolute Gasteiger partial charge is 0.481 e. The molecule has 16 heavy (non-hydrogen) atoms. The average Bonchev–Trinajstić information content (AvgIpc) is 2.57. The Kier molecular flexibility index (Phi) is 2.60. The summed E-state index contributed by atoms with van der Waals surface area (Å²) in [7, 11) is 0. The number of rotatable bonds is 3. The Hall–Kier alpha value is -1.91. The molecule has 2 aromatic heterocycles. The number of carboxylic acid groups (broad SMARTS) is 1. The molecule has 0 aromatic carbocycles. The van der Waals surface area contributed by atoms with E-state index < -0.39 is 11.9 Å². The first kappa shape index (κ1) is 10.6. The quantitative estimate of drug-likeness (QED) is 0.844. The summed E-state index contributed by atoms with van der Waals surface area (Å²) in [6.07, 6.45) is 5.91. The van der Waals surface area contributed by atoms with Crippen LogP contribution in [0.15, 0.2) is 18.6 Å². The highest BCUT2D eigenvalue weighted by molar-refractivity contribution is 5.69. The number of hydrogen-bond acceptors (Lipinski definition) is 3. The van der Waals surface area contributed by atoms with Crippen molar-refractivity contribution in [3.63, 3.8) is 0 Å². The van der Waals surface area contributed by atoms with Crippen LogP contribution in [0.4, 0.5) is 0 Å². The van der Waals surface area contributed by atoms with Crippen molar-refractivity contribution in [2.45, 2.75) is 20.3 Å². The predicted octanol–water partition coefficient (Wildman–Crippen LogP) is 1.30. The molecule has 84 valence electrons. The number of hydrogen-bond donors (Lipinski definition) is 1. The maximum absolute atomic E-state index is 10.7. The number of imidazole rings is 1. The zero-order chi connectivity index (χ0) is 11.7. The second-order valence-electron chi connectivity index (χ2n) is 4.00. The van der Waals surface area contributed by atoms with Gasteiger partial charge in [0.15, 0.2) is 0 Å². The maximum Gasteiger partial charge on any atom is 0.306 e. The SMILES string of the molecule is Cc1cn2cc(CC(C)C(=O)O)cnc2n1. The number of carbonyl (C=O) groups is 1. The van der Waals surface area contributed by atoms with Crippen LogP contribution in [0.5, 0.6) is 0 Å². The highest BCUT2D eigenvalue weighted by Gasteiger charge is 2.12. The zero-order valence-corrected chi connectivity index (χ0v) is 9.21. The van der Waals surface area contributed by atoms with Gasteiger partial charge in [0.05, 0.1) is 11.6 Å². The summed E-state index contributed by atoms with van der Waals surface area (Å²) in [5.41, 5.74) is 1.80. The van der Waals surface area contributed by atoms with E-state index in [2.05, 4.69) is 9.97 Å². The van der Waals surface area contributed by atoms with Crippen LogP contribution < -0.4 is 0 Å². The van der Waals surface area contributed by atoms with Crippen molar-refractivity contribution < 1.29 is 9.90 Å². The van der Waals surface area contributed by atoms with E-state index in [-0.39, 0.29) is 0 Å².